The zero-order chi connectivity index (χ0) is 18.7. The molecule has 2 rings (SSSR count). The molecule has 0 spiro atoms. The second-order valence-corrected chi connectivity index (χ2v) is 5.74. The van der Waals surface area contributed by atoms with Crippen molar-refractivity contribution >= 4 is 34.8 Å². The molecule has 8 heteroatoms. The Morgan fingerprint density at radius 1 is 1.12 bits per heavy atom. The monoisotopic (exact) mass is 370 g/mol. The number of hydrogen-bond acceptors (Lipinski definition) is 2. The third-order valence-corrected chi connectivity index (χ3v) is 3.69. The average molecular weight is 371 g/mol. The molecular weight excluding hydrogens is 357 g/mol. The molecule has 0 saturated carbocycles. The van der Waals surface area contributed by atoms with Gasteiger partial charge in [0, 0.05) is 17.6 Å². The minimum absolute atomic E-state index is 0.374. The third-order valence-electron chi connectivity index (χ3n) is 3.45. The summed E-state index contributed by atoms with van der Waals surface area (Å²) >= 11 is 5.92. The summed E-state index contributed by atoms with van der Waals surface area (Å²) in [6.45, 7) is 2.54. The molecule has 4 nitrogen and oxygen atoms in total. The quantitative estimate of drug-likeness (QED) is 0.825. The first kappa shape index (κ1) is 18.8. The molecule has 2 aromatic rings. The summed E-state index contributed by atoms with van der Waals surface area (Å²) in [5.41, 5.74) is 0.600. The van der Waals surface area contributed by atoms with Gasteiger partial charge in [0.25, 0.3) is 0 Å². The highest BCUT2D eigenvalue weighted by atomic mass is 35.5. The molecule has 1 N–H and O–H groups in total. The van der Waals surface area contributed by atoms with E-state index in [0.29, 0.717) is 22.3 Å². The van der Waals surface area contributed by atoms with Crippen molar-refractivity contribution in [1.29, 1.82) is 0 Å². The molecule has 2 amide bonds. The topological polar surface area (TPSA) is 49.4 Å². The van der Waals surface area contributed by atoms with Gasteiger partial charge in [-0.2, -0.15) is 0 Å². The highest BCUT2D eigenvalue weighted by molar-refractivity contribution is 6.31. The van der Waals surface area contributed by atoms with E-state index in [2.05, 4.69) is 5.32 Å². The van der Waals surface area contributed by atoms with E-state index in [9.17, 15) is 22.8 Å². The third kappa shape index (κ3) is 4.30. The minimum Gasteiger partial charge on any atom is -0.322 e. The number of nitrogens with one attached hydrogen (secondary N) is 1. The lowest BCUT2D eigenvalue weighted by molar-refractivity contribution is -0.120. The number of anilines is 2. The highest BCUT2D eigenvalue weighted by Crippen LogP contribution is 2.25. The van der Waals surface area contributed by atoms with Crippen LogP contribution in [0.1, 0.15) is 12.5 Å². The SMILES string of the molecule is CC(=O)N(CC(=O)Nc1ccc(F)c(F)c1F)c1cc(Cl)ccc1C. The maximum atomic E-state index is 13.6. The second kappa shape index (κ2) is 7.57. The summed E-state index contributed by atoms with van der Waals surface area (Å²) < 4.78 is 39.8. The molecule has 0 aliphatic heterocycles. The molecule has 0 bridgehead atoms. The first-order valence-corrected chi connectivity index (χ1v) is 7.56. The lowest BCUT2D eigenvalue weighted by atomic mass is 10.1. The minimum atomic E-state index is -1.69. The van der Waals surface area contributed by atoms with Crippen molar-refractivity contribution in [3.63, 3.8) is 0 Å². The van der Waals surface area contributed by atoms with E-state index in [0.717, 1.165) is 11.0 Å². The van der Waals surface area contributed by atoms with Crippen LogP contribution in [-0.4, -0.2) is 18.4 Å². The van der Waals surface area contributed by atoms with Crippen LogP contribution in [0.4, 0.5) is 24.5 Å². The summed E-state index contributed by atoms with van der Waals surface area (Å²) in [4.78, 5) is 25.2. The Hall–Kier alpha value is -2.54. The molecule has 0 radical (unpaired) electrons. The van der Waals surface area contributed by atoms with E-state index in [4.69, 9.17) is 11.6 Å². The Bertz CT molecular complexity index is 843. The van der Waals surface area contributed by atoms with Gasteiger partial charge in [-0.05, 0) is 36.8 Å². The maximum absolute atomic E-state index is 13.6. The van der Waals surface area contributed by atoms with Crippen molar-refractivity contribution in [3.05, 3.63) is 58.4 Å². The van der Waals surface area contributed by atoms with Crippen LogP contribution in [0.15, 0.2) is 30.3 Å². The van der Waals surface area contributed by atoms with Gasteiger partial charge in [-0.1, -0.05) is 17.7 Å². The van der Waals surface area contributed by atoms with Crippen LogP contribution in [0.2, 0.25) is 5.02 Å². The van der Waals surface area contributed by atoms with Gasteiger partial charge in [0.05, 0.1) is 5.69 Å². The molecule has 0 aromatic heterocycles. The van der Waals surface area contributed by atoms with Gasteiger partial charge in [0.1, 0.15) is 6.54 Å². The van der Waals surface area contributed by atoms with Gasteiger partial charge >= 0.3 is 0 Å². The van der Waals surface area contributed by atoms with E-state index in [1.165, 1.54) is 13.0 Å². The van der Waals surface area contributed by atoms with E-state index in [1.807, 2.05) is 0 Å². The first-order valence-electron chi connectivity index (χ1n) is 7.18. The predicted octanol–water partition coefficient (Wildman–Crippen LogP) is 4.06. The van der Waals surface area contributed by atoms with Crippen LogP contribution in [0, 0.1) is 24.4 Å². The number of aryl methyl sites for hydroxylation is 1. The van der Waals surface area contributed by atoms with Crippen molar-refractivity contribution in [3.8, 4) is 0 Å². The van der Waals surface area contributed by atoms with Crippen molar-refractivity contribution < 1.29 is 22.8 Å². The van der Waals surface area contributed by atoms with E-state index < -0.39 is 41.5 Å². The molecule has 0 aliphatic rings. The molecule has 25 heavy (non-hydrogen) atoms. The Labute approximate surface area is 147 Å². The van der Waals surface area contributed by atoms with Crippen LogP contribution >= 0.6 is 11.6 Å². The van der Waals surface area contributed by atoms with Gasteiger partial charge in [-0.15, -0.1) is 0 Å². The van der Waals surface area contributed by atoms with Crippen LogP contribution in [0.25, 0.3) is 0 Å². The lowest BCUT2D eigenvalue weighted by Gasteiger charge is -2.23. The van der Waals surface area contributed by atoms with E-state index in [1.54, 1.807) is 19.1 Å². The lowest BCUT2D eigenvalue weighted by Crippen LogP contribution is -2.37. The molecular formula is C17H14ClF3N2O2. The number of carbonyl (C=O) groups is 2. The average Bonchev–Trinajstić information content (AvgIpc) is 2.55. The van der Waals surface area contributed by atoms with Crippen LogP contribution in [0.5, 0.6) is 0 Å². The Balaban J connectivity index is 2.23. The van der Waals surface area contributed by atoms with Crippen LogP contribution in [-0.2, 0) is 9.59 Å². The van der Waals surface area contributed by atoms with Crippen molar-refractivity contribution in [2.45, 2.75) is 13.8 Å². The summed E-state index contributed by atoms with van der Waals surface area (Å²) in [7, 11) is 0. The number of halogens is 4. The second-order valence-electron chi connectivity index (χ2n) is 5.31. The normalized spacial score (nSPS) is 10.5. The van der Waals surface area contributed by atoms with Gasteiger partial charge in [0.2, 0.25) is 11.8 Å². The summed E-state index contributed by atoms with van der Waals surface area (Å²) in [6, 6.07) is 6.42. The number of nitrogens with zero attached hydrogens (tertiary/aromatic N) is 1. The highest BCUT2D eigenvalue weighted by Gasteiger charge is 2.20. The Kier molecular flexibility index (Phi) is 5.69. The summed E-state index contributed by atoms with van der Waals surface area (Å²) in [6.07, 6.45) is 0. The molecule has 0 heterocycles. The van der Waals surface area contributed by atoms with Crippen molar-refractivity contribution in [2.75, 3.05) is 16.8 Å². The summed E-state index contributed by atoms with van der Waals surface area (Å²) in [5.74, 6) is -5.78. The van der Waals surface area contributed by atoms with Crippen LogP contribution < -0.4 is 10.2 Å². The smallest absolute Gasteiger partial charge is 0.244 e. The number of benzene rings is 2. The Morgan fingerprint density at radius 3 is 2.44 bits per heavy atom. The first-order chi connectivity index (χ1) is 11.7. The number of hydrogen-bond donors (Lipinski definition) is 1. The fourth-order valence-corrected chi connectivity index (χ4v) is 2.36. The molecule has 0 aliphatic carbocycles. The molecule has 0 unspecified atom stereocenters. The van der Waals surface area contributed by atoms with E-state index in [-0.39, 0.29) is 0 Å². The summed E-state index contributed by atoms with van der Waals surface area (Å²) in [5, 5.41) is 2.49. The van der Waals surface area contributed by atoms with Crippen molar-refractivity contribution in [2.24, 2.45) is 0 Å². The number of carbonyl (C=O) groups excluding carboxylic acids is 2. The zero-order valence-corrected chi connectivity index (χ0v) is 14.1. The standard InChI is InChI=1S/C17H14ClF3N2O2/c1-9-3-4-11(18)7-14(9)23(10(2)24)8-15(25)22-13-6-5-12(19)16(20)17(13)21/h3-7H,8H2,1-2H3,(H,22,25). The molecule has 2 aromatic carbocycles. The van der Waals surface area contributed by atoms with Crippen LogP contribution in [0.3, 0.4) is 0 Å². The van der Waals surface area contributed by atoms with Gasteiger partial charge in [-0.3, -0.25) is 9.59 Å². The molecule has 132 valence electrons. The molecule has 0 fully saturated rings. The van der Waals surface area contributed by atoms with Crippen molar-refractivity contribution in [1.82, 2.24) is 0 Å². The van der Waals surface area contributed by atoms with Gasteiger partial charge in [-0.25, -0.2) is 13.2 Å². The number of amides is 2. The maximum Gasteiger partial charge on any atom is 0.244 e. The predicted molar refractivity (Wildman–Crippen MR) is 89.2 cm³/mol. The fourth-order valence-electron chi connectivity index (χ4n) is 2.20. The molecule has 0 atom stereocenters. The van der Waals surface area contributed by atoms with Gasteiger partial charge < -0.3 is 10.2 Å². The Morgan fingerprint density at radius 2 is 1.80 bits per heavy atom. The molecule has 0 saturated heterocycles. The largest absolute Gasteiger partial charge is 0.322 e. The van der Waals surface area contributed by atoms with Gasteiger partial charge in [0.15, 0.2) is 17.5 Å². The zero-order valence-electron chi connectivity index (χ0n) is 13.4. The van der Waals surface area contributed by atoms with E-state index >= 15 is 0 Å². The number of rotatable bonds is 4. The fraction of sp³-hybridized carbons (Fsp3) is 0.176.